The number of methoxy groups -OCH3 is 1. The molecule has 2 saturated carbocycles. The molecule has 2 fully saturated rings. The molecule has 0 aliphatic heterocycles. The Labute approximate surface area is 155 Å². The molecule has 3 rings (SSSR count). The first-order valence-electron chi connectivity index (χ1n) is 9.16. The summed E-state index contributed by atoms with van der Waals surface area (Å²) in [7, 11) is 1.63. The van der Waals surface area contributed by atoms with Crippen molar-refractivity contribution in [2.45, 2.75) is 57.0 Å². The molecule has 1 aromatic rings. The second-order valence-corrected chi connectivity index (χ2v) is 8.25. The summed E-state index contributed by atoms with van der Waals surface area (Å²) >= 11 is 0. The Kier molecular flexibility index (Phi) is 4.82. The Bertz CT molecular complexity index is 694. The molecule has 2 amide bonds. The molecule has 26 heavy (non-hydrogen) atoms. The summed E-state index contributed by atoms with van der Waals surface area (Å²) < 4.78 is 5.18. The first kappa shape index (κ1) is 18.5. The summed E-state index contributed by atoms with van der Waals surface area (Å²) in [6, 6.07) is 8.15. The standard InChI is InChI=1S/C21H28N2O3/c1-5-18(24)22-15-10-21(11-15)12-16(13-21)23-19(25)20(2,3)14-6-8-17(26-4)9-7-14/h5-9,15-16H,1,10-13H2,2-4H3,(H,22,24)(H,23,25). The van der Waals surface area contributed by atoms with Crippen molar-refractivity contribution in [1.82, 2.24) is 10.6 Å². The number of rotatable bonds is 6. The van der Waals surface area contributed by atoms with Crippen molar-refractivity contribution in [1.29, 1.82) is 0 Å². The fourth-order valence-corrected chi connectivity index (χ4v) is 4.27. The molecule has 5 heteroatoms. The SMILES string of the molecule is C=CC(=O)NC1CC2(C1)CC(NC(=O)C(C)(C)c1ccc(OC)cc1)C2. The number of amides is 2. The van der Waals surface area contributed by atoms with Gasteiger partial charge in [0.25, 0.3) is 0 Å². The second kappa shape index (κ2) is 6.78. The molecule has 2 aliphatic rings. The highest BCUT2D eigenvalue weighted by molar-refractivity contribution is 5.88. The monoisotopic (exact) mass is 356 g/mol. The summed E-state index contributed by atoms with van der Waals surface area (Å²) in [5, 5.41) is 6.15. The van der Waals surface area contributed by atoms with E-state index in [-0.39, 0.29) is 23.9 Å². The molecule has 0 heterocycles. The van der Waals surface area contributed by atoms with Gasteiger partial charge < -0.3 is 15.4 Å². The molecule has 2 aliphatic carbocycles. The van der Waals surface area contributed by atoms with Crippen LogP contribution in [0.3, 0.4) is 0 Å². The van der Waals surface area contributed by atoms with E-state index in [2.05, 4.69) is 17.2 Å². The Hall–Kier alpha value is -2.30. The zero-order chi connectivity index (χ0) is 18.9. The van der Waals surface area contributed by atoms with Crippen molar-refractivity contribution in [3.05, 3.63) is 42.5 Å². The van der Waals surface area contributed by atoms with E-state index < -0.39 is 5.41 Å². The second-order valence-electron chi connectivity index (χ2n) is 8.25. The molecule has 1 spiro atoms. The van der Waals surface area contributed by atoms with E-state index in [1.807, 2.05) is 38.1 Å². The lowest BCUT2D eigenvalue weighted by atomic mass is 9.52. The maximum absolute atomic E-state index is 12.8. The molecule has 5 nitrogen and oxygen atoms in total. The zero-order valence-corrected chi connectivity index (χ0v) is 15.8. The molecule has 0 radical (unpaired) electrons. The normalized spacial score (nSPS) is 27.0. The number of nitrogens with one attached hydrogen (secondary N) is 2. The van der Waals surface area contributed by atoms with Crippen LogP contribution in [0.25, 0.3) is 0 Å². The van der Waals surface area contributed by atoms with Crippen LogP contribution in [0.2, 0.25) is 0 Å². The lowest BCUT2D eigenvalue weighted by molar-refractivity contribution is -0.130. The molecule has 0 aromatic heterocycles. The number of hydrogen-bond acceptors (Lipinski definition) is 3. The summed E-state index contributed by atoms with van der Waals surface area (Å²) in [4.78, 5) is 24.1. The molecule has 0 saturated heterocycles. The van der Waals surface area contributed by atoms with Gasteiger partial charge in [0.2, 0.25) is 11.8 Å². The lowest BCUT2D eigenvalue weighted by Gasteiger charge is -2.58. The molecular weight excluding hydrogens is 328 g/mol. The average Bonchev–Trinajstić information content (AvgIpc) is 2.57. The van der Waals surface area contributed by atoms with Crippen LogP contribution >= 0.6 is 0 Å². The minimum atomic E-state index is -0.588. The predicted molar refractivity (Wildman–Crippen MR) is 101 cm³/mol. The van der Waals surface area contributed by atoms with Gasteiger partial charge >= 0.3 is 0 Å². The zero-order valence-electron chi connectivity index (χ0n) is 15.8. The van der Waals surface area contributed by atoms with E-state index in [9.17, 15) is 9.59 Å². The van der Waals surface area contributed by atoms with Crippen LogP contribution in [-0.2, 0) is 15.0 Å². The maximum atomic E-state index is 12.8. The van der Waals surface area contributed by atoms with Crippen LogP contribution in [0.1, 0.15) is 45.1 Å². The molecular formula is C21H28N2O3. The van der Waals surface area contributed by atoms with Gasteiger partial charge in [0.15, 0.2) is 0 Å². The lowest BCUT2D eigenvalue weighted by Crippen LogP contribution is -2.62. The first-order chi connectivity index (χ1) is 12.3. The molecule has 0 bridgehead atoms. The van der Waals surface area contributed by atoms with E-state index >= 15 is 0 Å². The largest absolute Gasteiger partial charge is 0.497 e. The van der Waals surface area contributed by atoms with Crippen molar-refractivity contribution in [3.63, 3.8) is 0 Å². The molecule has 2 N–H and O–H groups in total. The Morgan fingerprint density at radius 1 is 1.12 bits per heavy atom. The topological polar surface area (TPSA) is 67.4 Å². The van der Waals surface area contributed by atoms with Crippen LogP contribution in [0.15, 0.2) is 36.9 Å². The number of carbonyl (C=O) groups excluding carboxylic acids is 2. The van der Waals surface area contributed by atoms with Gasteiger partial charge in [-0.3, -0.25) is 9.59 Å². The highest BCUT2D eigenvalue weighted by Crippen LogP contribution is 2.56. The van der Waals surface area contributed by atoms with Crippen LogP contribution in [0.4, 0.5) is 0 Å². The van der Waals surface area contributed by atoms with Gasteiger partial charge in [-0.2, -0.15) is 0 Å². The summed E-state index contributed by atoms with van der Waals surface area (Å²) in [5.41, 5.74) is 0.692. The van der Waals surface area contributed by atoms with Crippen molar-refractivity contribution in [2.75, 3.05) is 7.11 Å². The van der Waals surface area contributed by atoms with Gasteiger partial charge in [-0.15, -0.1) is 0 Å². The third-order valence-corrected chi connectivity index (χ3v) is 5.96. The van der Waals surface area contributed by atoms with Gasteiger partial charge in [0.05, 0.1) is 12.5 Å². The highest BCUT2D eigenvalue weighted by Gasteiger charge is 2.53. The maximum Gasteiger partial charge on any atom is 0.243 e. The molecule has 1 aromatic carbocycles. The first-order valence-corrected chi connectivity index (χ1v) is 9.16. The van der Waals surface area contributed by atoms with Crippen LogP contribution in [0, 0.1) is 5.41 Å². The summed E-state index contributed by atoms with van der Waals surface area (Å²) in [6.45, 7) is 7.37. The minimum absolute atomic E-state index is 0.0540. The average molecular weight is 356 g/mol. The fraction of sp³-hybridized carbons (Fsp3) is 0.524. The van der Waals surface area contributed by atoms with Gasteiger partial charge in [-0.1, -0.05) is 18.7 Å². The Morgan fingerprint density at radius 3 is 2.15 bits per heavy atom. The minimum Gasteiger partial charge on any atom is -0.497 e. The van der Waals surface area contributed by atoms with Gasteiger partial charge in [0.1, 0.15) is 5.75 Å². The number of carbonyl (C=O) groups is 2. The third kappa shape index (κ3) is 3.48. The quantitative estimate of drug-likeness (QED) is 0.770. The Balaban J connectivity index is 1.49. The highest BCUT2D eigenvalue weighted by atomic mass is 16.5. The van der Waals surface area contributed by atoms with Crippen LogP contribution in [-0.4, -0.2) is 31.0 Å². The van der Waals surface area contributed by atoms with Gasteiger partial charge in [-0.05, 0) is 68.7 Å². The number of hydrogen-bond donors (Lipinski definition) is 2. The smallest absolute Gasteiger partial charge is 0.243 e. The Morgan fingerprint density at radius 2 is 1.65 bits per heavy atom. The van der Waals surface area contributed by atoms with Gasteiger partial charge in [0, 0.05) is 12.1 Å². The summed E-state index contributed by atoms with van der Waals surface area (Å²) in [6.07, 6.45) is 5.31. The van der Waals surface area contributed by atoms with E-state index in [1.54, 1.807) is 7.11 Å². The van der Waals surface area contributed by atoms with Crippen molar-refractivity contribution < 1.29 is 14.3 Å². The van der Waals surface area contributed by atoms with Crippen molar-refractivity contribution >= 4 is 11.8 Å². The van der Waals surface area contributed by atoms with E-state index in [0.29, 0.717) is 5.41 Å². The molecule has 0 atom stereocenters. The van der Waals surface area contributed by atoms with E-state index in [4.69, 9.17) is 4.74 Å². The number of ether oxygens (including phenoxy) is 1. The van der Waals surface area contributed by atoms with Crippen molar-refractivity contribution in [2.24, 2.45) is 5.41 Å². The van der Waals surface area contributed by atoms with Crippen LogP contribution < -0.4 is 15.4 Å². The molecule has 0 unspecified atom stereocenters. The third-order valence-electron chi connectivity index (χ3n) is 5.96. The van der Waals surface area contributed by atoms with Crippen molar-refractivity contribution in [3.8, 4) is 5.75 Å². The van der Waals surface area contributed by atoms with E-state index in [1.165, 1.54) is 6.08 Å². The molecule has 140 valence electrons. The number of benzene rings is 1. The van der Waals surface area contributed by atoms with Gasteiger partial charge in [-0.25, -0.2) is 0 Å². The van der Waals surface area contributed by atoms with Crippen LogP contribution in [0.5, 0.6) is 5.75 Å². The van der Waals surface area contributed by atoms with E-state index in [0.717, 1.165) is 37.0 Å². The predicted octanol–water partition coefficient (Wildman–Crippen LogP) is 2.70. The summed E-state index contributed by atoms with van der Waals surface area (Å²) in [5.74, 6) is 0.739. The fourth-order valence-electron chi connectivity index (χ4n) is 4.27.